The van der Waals surface area contributed by atoms with Crippen LogP contribution in [0.3, 0.4) is 0 Å². The molecule has 0 saturated carbocycles. The summed E-state index contributed by atoms with van der Waals surface area (Å²) >= 11 is 5.39. The van der Waals surface area contributed by atoms with E-state index in [4.69, 9.17) is 9.47 Å². The summed E-state index contributed by atoms with van der Waals surface area (Å²) in [6, 6.07) is 6.12. The highest BCUT2D eigenvalue weighted by Gasteiger charge is 2.37. The second kappa shape index (κ2) is 12.6. The molecule has 3 rings (SSSR count). The molecule has 1 unspecified atom stereocenters. The molecule has 0 bridgehead atoms. The van der Waals surface area contributed by atoms with E-state index in [1.807, 2.05) is 30.4 Å². The molecule has 176 valence electrons. The summed E-state index contributed by atoms with van der Waals surface area (Å²) in [5.74, 6) is 8.13. The summed E-state index contributed by atoms with van der Waals surface area (Å²) in [7, 11) is 0. The van der Waals surface area contributed by atoms with Crippen LogP contribution in [0.2, 0.25) is 0 Å². The van der Waals surface area contributed by atoms with Gasteiger partial charge in [-0.15, -0.1) is 35.3 Å². The Morgan fingerprint density at radius 2 is 2.00 bits per heavy atom. The van der Waals surface area contributed by atoms with Crippen molar-refractivity contribution in [2.45, 2.75) is 47.5 Å². The van der Waals surface area contributed by atoms with Gasteiger partial charge in [0.2, 0.25) is 0 Å². The van der Waals surface area contributed by atoms with Gasteiger partial charge in [0, 0.05) is 41.3 Å². The summed E-state index contributed by atoms with van der Waals surface area (Å²) in [4.78, 5) is 21.7. The molecule has 0 aliphatic carbocycles. The molecule has 1 aliphatic heterocycles. The molecular weight excluding hydrogens is 472 g/mol. The molecule has 0 N–H and O–H groups in total. The number of hydrogen-bond donors (Lipinski definition) is 0. The minimum Gasteiger partial charge on any atom is -0.493 e. The largest absolute Gasteiger partial charge is 0.493 e. The molecule has 33 heavy (non-hydrogen) atoms. The first-order valence-electron chi connectivity index (χ1n) is 11.0. The lowest BCUT2D eigenvalue weighted by Crippen LogP contribution is -2.26. The molecule has 0 saturated heterocycles. The third-order valence-electron chi connectivity index (χ3n) is 5.52. The molecular formula is C25H30N2O3S3. The van der Waals surface area contributed by atoms with E-state index in [9.17, 15) is 4.79 Å². The van der Waals surface area contributed by atoms with E-state index in [0.717, 1.165) is 29.2 Å². The number of hydrogen-bond acceptors (Lipinski definition) is 8. The zero-order valence-electron chi connectivity index (χ0n) is 19.6. The average molecular weight is 503 g/mol. The fourth-order valence-electron chi connectivity index (χ4n) is 3.79. The van der Waals surface area contributed by atoms with Crippen molar-refractivity contribution in [1.82, 2.24) is 9.97 Å². The maximum absolute atomic E-state index is 11.8. The van der Waals surface area contributed by atoms with Crippen molar-refractivity contribution in [2.75, 3.05) is 32.0 Å². The lowest BCUT2D eigenvalue weighted by Gasteiger charge is -2.36. The molecule has 0 amide bonds. The van der Waals surface area contributed by atoms with Crippen molar-refractivity contribution >= 4 is 41.3 Å². The molecule has 5 nitrogen and oxygen atoms in total. The van der Waals surface area contributed by atoms with Gasteiger partial charge in [-0.05, 0) is 56.7 Å². The first kappa shape index (κ1) is 25.8. The maximum Gasteiger partial charge on any atom is 0.305 e. The Bertz CT molecular complexity index is 1000. The number of aromatic nitrogens is 2. The predicted molar refractivity (Wildman–Crippen MR) is 139 cm³/mol. The standard InChI is InChI=1S/C25H30N2O3S3/c1-5-29-23(28)9-6-8-18(24-26-13-7-14-27-24)10-11-19-16-20-21(17-22(19)31-2)30-15-12-25(20,32-3)33-4/h7,13-14,16-18H,5-6,8-9,12,15H2,1-4H3. The van der Waals surface area contributed by atoms with Gasteiger partial charge in [-0.2, -0.15) is 0 Å². The van der Waals surface area contributed by atoms with Crippen molar-refractivity contribution in [3.8, 4) is 17.6 Å². The summed E-state index contributed by atoms with van der Waals surface area (Å²) in [6.07, 6.45) is 12.5. The Balaban J connectivity index is 1.93. The number of esters is 1. The number of carbonyl (C=O) groups is 1. The molecule has 1 atom stereocenters. The van der Waals surface area contributed by atoms with E-state index in [-0.39, 0.29) is 16.0 Å². The quantitative estimate of drug-likeness (QED) is 0.186. The Labute approximate surface area is 209 Å². The highest BCUT2D eigenvalue weighted by Crippen LogP contribution is 2.53. The van der Waals surface area contributed by atoms with Crippen LogP contribution in [0, 0.1) is 11.8 Å². The zero-order chi connectivity index (χ0) is 23.7. The van der Waals surface area contributed by atoms with E-state index in [2.05, 4.69) is 52.7 Å². The molecule has 1 aliphatic rings. The van der Waals surface area contributed by atoms with Crippen LogP contribution in [-0.2, 0) is 13.6 Å². The first-order valence-corrected chi connectivity index (χ1v) is 14.6. The number of thioether (sulfide) groups is 3. The average Bonchev–Trinajstić information content (AvgIpc) is 2.85. The van der Waals surface area contributed by atoms with E-state index >= 15 is 0 Å². The van der Waals surface area contributed by atoms with Gasteiger partial charge in [0.1, 0.15) is 11.6 Å². The minimum atomic E-state index is -0.178. The first-order chi connectivity index (χ1) is 16.1. The van der Waals surface area contributed by atoms with Crippen molar-refractivity contribution in [3.63, 3.8) is 0 Å². The van der Waals surface area contributed by atoms with Crippen molar-refractivity contribution in [3.05, 3.63) is 47.5 Å². The van der Waals surface area contributed by atoms with Crippen molar-refractivity contribution < 1.29 is 14.3 Å². The molecule has 2 aromatic rings. The molecule has 0 fully saturated rings. The van der Waals surface area contributed by atoms with Crippen LogP contribution in [0.5, 0.6) is 5.75 Å². The minimum absolute atomic E-state index is 0.0253. The van der Waals surface area contributed by atoms with Gasteiger partial charge in [-0.1, -0.05) is 11.8 Å². The van der Waals surface area contributed by atoms with E-state index < -0.39 is 0 Å². The van der Waals surface area contributed by atoms with Crippen LogP contribution in [0.25, 0.3) is 0 Å². The normalized spacial score (nSPS) is 14.9. The number of fused-ring (bicyclic) bond motifs is 1. The maximum atomic E-state index is 11.8. The molecule has 1 aromatic heterocycles. The third-order valence-corrected chi connectivity index (χ3v) is 9.46. The summed E-state index contributed by atoms with van der Waals surface area (Å²) in [5.41, 5.74) is 2.19. The Morgan fingerprint density at radius 3 is 2.67 bits per heavy atom. The Kier molecular flexibility index (Phi) is 9.84. The molecule has 8 heteroatoms. The number of carbonyl (C=O) groups excluding carboxylic acids is 1. The van der Waals surface area contributed by atoms with Crippen LogP contribution in [0.1, 0.15) is 55.5 Å². The summed E-state index contributed by atoms with van der Waals surface area (Å²) < 4.78 is 11.1. The van der Waals surface area contributed by atoms with Crippen LogP contribution < -0.4 is 4.74 Å². The van der Waals surface area contributed by atoms with Gasteiger partial charge in [-0.3, -0.25) is 4.79 Å². The van der Waals surface area contributed by atoms with Crippen molar-refractivity contribution in [1.29, 1.82) is 0 Å². The van der Waals surface area contributed by atoms with E-state index in [0.29, 0.717) is 31.7 Å². The number of nitrogens with zero attached hydrogens (tertiary/aromatic N) is 2. The fraction of sp³-hybridized carbons (Fsp3) is 0.480. The molecule has 0 radical (unpaired) electrons. The number of benzene rings is 1. The van der Waals surface area contributed by atoms with Gasteiger partial charge in [-0.25, -0.2) is 9.97 Å². The molecule has 1 aromatic carbocycles. The monoisotopic (exact) mass is 502 g/mol. The van der Waals surface area contributed by atoms with Gasteiger partial charge in [0.15, 0.2) is 0 Å². The third kappa shape index (κ3) is 6.40. The lowest BCUT2D eigenvalue weighted by molar-refractivity contribution is -0.143. The van der Waals surface area contributed by atoms with Crippen LogP contribution >= 0.6 is 35.3 Å². The van der Waals surface area contributed by atoms with Crippen LogP contribution in [0.4, 0.5) is 0 Å². The SMILES string of the molecule is CCOC(=O)CCCC(C#Cc1cc2c(cc1SC)OCCC2(SC)SC)c1ncccn1. The van der Waals surface area contributed by atoms with Gasteiger partial charge in [0.25, 0.3) is 0 Å². The molecule has 0 spiro atoms. The predicted octanol–water partition coefficient (Wildman–Crippen LogP) is 5.73. The highest BCUT2D eigenvalue weighted by atomic mass is 32.2. The second-order valence-electron chi connectivity index (χ2n) is 7.43. The number of rotatable bonds is 9. The van der Waals surface area contributed by atoms with Crippen LogP contribution in [-0.4, -0.2) is 47.9 Å². The van der Waals surface area contributed by atoms with Gasteiger partial charge in [0.05, 0.1) is 23.2 Å². The molecule has 2 heterocycles. The fourth-order valence-corrected chi connectivity index (χ4v) is 6.34. The van der Waals surface area contributed by atoms with Crippen LogP contribution in [0.15, 0.2) is 35.5 Å². The topological polar surface area (TPSA) is 61.3 Å². The summed E-state index contributed by atoms with van der Waals surface area (Å²) in [5, 5.41) is 0. The Morgan fingerprint density at radius 1 is 1.24 bits per heavy atom. The zero-order valence-corrected chi connectivity index (χ0v) is 22.0. The highest BCUT2D eigenvalue weighted by molar-refractivity contribution is 8.16. The second-order valence-corrected chi connectivity index (χ2v) is 10.8. The smallest absolute Gasteiger partial charge is 0.305 e. The van der Waals surface area contributed by atoms with Gasteiger partial charge >= 0.3 is 5.97 Å². The van der Waals surface area contributed by atoms with E-state index in [1.54, 1.807) is 30.2 Å². The van der Waals surface area contributed by atoms with Gasteiger partial charge < -0.3 is 9.47 Å². The lowest BCUT2D eigenvalue weighted by atomic mass is 9.99. The summed E-state index contributed by atoms with van der Waals surface area (Å²) in [6.45, 7) is 2.94. The number of ether oxygens (including phenoxy) is 2. The van der Waals surface area contributed by atoms with Crippen molar-refractivity contribution in [2.24, 2.45) is 0 Å². The Hall–Kier alpha value is -1.82. The van der Waals surface area contributed by atoms with E-state index in [1.165, 1.54) is 5.56 Å².